The normalized spacial score (nSPS) is 10.5. The van der Waals surface area contributed by atoms with Crippen LogP contribution in [0.4, 0.5) is 5.69 Å². The van der Waals surface area contributed by atoms with Crippen molar-refractivity contribution in [2.45, 2.75) is 20.0 Å². The molecule has 2 aromatic rings. The van der Waals surface area contributed by atoms with Crippen molar-refractivity contribution >= 4 is 46.4 Å². The van der Waals surface area contributed by atoms with Crippen LogP contribution in [-0.2, 0) is 13.1 Å². The van der Waals surface area contributed by atoms with E-state index in [0.717, 1.165) is 0 Å². The van der Waals surface area contributed by atoms with Crippen molar-refractivity contribution in [3.05, 3.63) is 48.0 Å². The zero-order valence-electron chi connectivity index (χ0n) is 11.5. The first kappa shape index (κ1) is 16.5. The number of non-ortho nitro benzene ring substituents is 1. The predicted molar refractivity (Wildman–Crippen MR) is 90.1 cm³/mol. The van der Waals surface area contributed by atoms with Gasteiger partial charge in [-0.05, 0) is 47.8 Å². The van der Waals surface area contributed by atoms with Crippen molar-refractivity contribution in [2.75, 3.05) is 0 Å². The summed E-state index contributed by atoms with van der Waals surface area (Å²) in [5.74, 6) is 0.200. The summed E-state index contributed by atoms with van der Waals surface area (Å²) in [5.41, 5.74) is 0.133. The van der Waals surface area contributed by atoms with Gasteiger partial charge in [0.25, 0.3) is 11.6 Å². The number of hydrogen-bond acceptors (Lipinski definition) is 5. The Morgan fingerprint density at radius 2 is 2.32 bits per heavy atom. The van der Waals surface area contributed by atoms with Gasteiger partial charge in [0.1, 0.15) is 0 Å². The number of rotatable bonds is 5. The molecule has 0 fully saturated rings. The topological polar surface area (TPSA) is 106 Å². The van der Waals surface area contributed by atoms with Gasteiger partial charge in [0.2, 0.25) is 0 Å². The number of carbonyl (C=O) groups is 1. The zero-order chi connectivity index (χ0) is 16.3. The molecule has 0 spiro atoms. The lowest BCUT2D eigenvalue weighted by atomic mass is 10.2. The van der Waals surface area contributed by atoms with Gasteiger partial charge in [-0.1, -0.05) is 0 Å². The van der Waals surface area contributed by atoms with E-state index in [4.69, 9.17) is 12.2 Å². The van der Waals surface area contributed by atoms with Crippen LogP contribution in [0.2, 0.25) is 0 Å². The summed E-state index contributed by atoms with van der Waals surface area (Å²) in [6.45, 7) is 2.73. The molecule has 22 heavy (non-hydrogen) atoms. The molecule has 116 valence electrons. The number of carbonyl (C=O) groups excluding carboxylic acids is 1. The number of amides is 1. The zero-order valence-corrected chi connectivity index (χ0v) is 14.5. The molecule has 0 unspecified atom stereocenters. The third-order valence-corrected chi connectivity index (χ3v) is 4.22. The number of H-pyrrole nitrogens is 1. The Balaban J connectivity index is 2.17. The number of nitro benzene ring substituents is 1. The molecule has 8 nitrogen and oxygen atoms in total. The van der Waals surface area contributed by atoms with Crippen molar-refractivity contribution in [2.24, 2.45) is 0 Å². The first-order valence-corrected chi connectivity index (χ1v) is 7.79. The van der Waals surface area contributed by atoms with Gasteiger partial charge in [-0.15, -0.1) is 0 Å². The second-order valence-corrected chi connectivity index (χ2v) is 5.84. The second-order valence-electron chi connectivity index (χ2n) is 4.29. The van der Waals surface area contributed by atoms with Gasteiger partial charge in [0.15, 0.2) is 10.6 Å². The van der Waals surface area contributed by atoms with E-state index in [9.17, 15) is 14.9 Å². The van der Waals surface area contributed by atoms with Crippen LogP contribution in [0.1, 0.15) is 23.1 Å². The molecule has 0 saturated heterocycles. The summed E-state index contributed by atoms with van der Waals surface area (Å²) in [6, 6.07) is 4.16. The molecule has 0 bridgehead atoms. The van der Waals surface area contributed by atoms with Gasteiger partial charge in [0, 0.05) is 22.2 Å². The van der Waals surface area contributed by atoms with Crippen LogP contribution < -0.4 is 5.32 Å². The minimum absolute atomic E-state index is 0.123. The van der Waals surface area contributed by atoms with E-state index in [1.165, 1.54) is 18.2 Å². The Kier molecular flexibility index (Phi) is 5.24. The SMILES string of the molecule is CCn1c(CNC(=O)c2cc([N+](=O)[O-])ccc2I)n[nH]c1=S. The monoisotopic (exact) mass is 433 g/mol. The Morgan fingerprint density at radius 3 is 2.95 bits per heavy atom. The Morgan fingerprint density at radius 1 is 1.59 bits per heavy atom. The van der Waals surface area contributed by atoms with Crippen LogP contribution in [0.3, 0.4) is 0 Å². The fraction of sp³-hybridized carbons (Fsp3) is 0.250. The summed E-state index contributed by atoms with van der Waals surface area (Å²) in [4.78, 5) is 22.5. The summed E-state index contributed by atoms with van der Waals surface area (Å²) in [6.07, 6.45) is 0. The van der Waals surface area contributed by atoms with Crippen LogP contribution >= 0.6 is 34.8 Å². The molecule has 2 rings (SSSR count). The lowest BCUT2D eigenvalue weighted by Crippen LogP contribution is -2.25. The van der Waals surface area contributed by atoms with Crippen LogP contribution in [0, 0.1) is 18.5 Å². The summed E-state index contributed by atoms with van der Waals surface area (Å²) in [5, 5.41) is 20.2. The number of benzene rings is 1. The maximum Gasteiger partial charge on any atom is 0.270 e. The van der Waals surface area contributed by atoms with E-state index in [1.54, 1.807) is 4.57 Å². The average Bonchev–Trinajstić information content (AvgIpc) is 2.85. The average molecular weight is 433 g/mol. The minimum Gasteiger partial charge on any atom is -0.345 e. The highest BCUT2D eigenvalue weighted by atomic mass is 127. The van der Waals surface area contributed by atoms with Crippen molar-refractivity contribution in [3.8, 4) is 0 Å². The summed E-state index contributed by atoms with van der Waals surface area (Å²) >= 11 is 7.03. The molecule has 0 aliphatic carbocycles. The minimum atomic E-state index is -0.533. The van der Waals surface area contributed by atoms with Gasteiger partial charge in [-0.25, -0.2) is 0 Å². The van der Waals surface area contributed by atoms with Crippen molar-refractivity contribution in [1.29, 1.82) is 0 Å². The van der Waals surface area contributed by atoms with E-state index in [0.29, 0.717) is 20.7 Å². The number of halogens is 1. The first-order chi connectivity index (χ1) is 10.4. The van der Waals surface area contributed by atoms with Crippen molar-refractivity contribution in [1.82, 2.24) is 20.1 Å². The number of aromatic nitrogens is 3. The molecule has 0 radical (unpaired) electrons. The molecule has 0 aliphatic heterocycles. The highest BCUT2D eigenvalue weighted by molar-refractivity contribution is 14.1. The summed E-state index contributed by atoms with van der Waals surface area (Å²) < 4.78 is 2.88. The van der Waals surface area contributed by atoms with Gasteiger partial charge in [0.05, 0.1) is 17.0 Å². The molecule has 10 heteroatoms. The largest absolute Gasteiger partial charge is 0.345 e. The van der Waals surface area contributed by atoms with Crippen LogP contribution in [0.15, 0.2) is 18.2 Å². The highest BCUT2D eigenvalue weighted by Gasteiger charge is 2.16. The van der Waals surface area contributed by atoms with E-state index < -0.39 is 10.8 Å². The smallest absolute Gasteiger partial charge is 0.270 e. The van der Waals surface area contributed by atoms with E-state index in [2.05, 4.69) is 15.5 Å². The molecular weight excluding hydrogens is 421 g/mol. The van der Waals surface area contributed by atoms with E-state index in [1.807, 2.05) is 29.5 Å². The first-order valence-electron chi connectivity index (χ1n) is 6.30. The fourth-order valence-electron chi connectivity index (χ4n) is 1.87. The van der Waals surface area contributed by atoms with Gasteiger partial charge in [-0.3, -0.25) is 20.0 Å². The lowest BCUT2D eigenvalue weighted by molar-refractivity contribution is -0.384. The summed E-state index contributed by atoms with van der Waals surface area (Å²) in [7, 11) is 0. The number of nitrogens with one attached hydrogen (secondary N) is 2. The Hall–Kier alpha value is -1.82. The Bertz CT molecular complexity index is 785. The molecule has 1 heterocycles. The molecule has 0 aliphatic rings. The molecule has 2 N–H and O–H groups in total. The standard InChI is InChI=1S/C12H12IN5O3S/c1-2-17-10(15-16-12(17)22)6-14-11(19)8-5-7(18(20)21)3-4-9(8)13/h3-5H,2,6H2,1H3,(H,14,19)(H,16,22). The molecule has 0 saturated carbocycles. The number of nitrogens with zero attached hydrogens (tertiary/aromatic N) is 3. The third-order valence-electron chi connectivity index (χ3n) is 2.97. The van der Waals surface area contributed by atoms with Crippen LogP contribution in [0.25, 0.3) is 0 Å². The predicted octanol–water partition coefficient (Wildman–Crippen LogP) is 2.40. The molecule has 1 aromatic heterocycles. The van der Waals surface area contributed by atoms with Crippen molar-refractivity contribution in [3.63, 3.8) is 0 Å². The number of aromatic amines is 1. The lowest BCUT2D eigenvalue weighted by Gasteiger charge is -2.07. The molecule has 1 aromatic carbocycles. The highest BCUT2D eigenvalue weighted by Crippen LogP contribution is 2.19. The maximum atomic E-state index is 12.2. The second kappa shape index (κ2) is 6.96. The number of nitro groups is 1. The van der Waals surface area contributed by atoms with E-state index in [-0.39, 0.29) is 17.8 Å². The number of hydrogen-bond donors (Lipinski definition) is 2. The Labute approximate surface area is 144 Å². The molecule has 1 amide bonds. The van der Waals surface area contributed by atoms with Gasteiger partial charge in [-0.2, -0.15) is 5.10 Å². The quantitative estimate of drug-likeness (QED) is 0.326. The van der Waals surface area contributed by atoms with Crippen LogP contribution in [0.5, 0.6) is 0 Å². The van der Waals surface area contributed by atoms with Gasteiger partial charge < -0.3 is 9.88 Å². The fourth-order valence-corrected chi connectivity index (χ4v) is 2.73. The van der Waals surface area contributed by atoms with Crippen LogP contribution in [-0.4, -0.2) is 25.6 Å². The van der Waals surface area contributed by atoms with Crippen molar-refractivity contribution < 1.29 is 9.72 Å². The van der Waals surface area contributed by atoms with Gasteiger partial charge >= 0.3 is 0 Å². The molecule has 0 atom stereocenters. The third kappa shape index (κ3) is 3.50. The molecular formula is C12H12IN5O3S. The van der Waals surface area contributed by atoms with E-state index >= 15 is 0 Å². The maximum absolute atomic E-state index is 12.2.